The second-order valence-corrected chi connectivity index (χ2v) is 8.05. The van der Waals surface area contributed by atoms with E-state index in [0.29, 0.717) is 13.0 Å². The maximum Gasteiger partial charge on any atom is 0.242 e. The molecule has 4 nitrogen and oxygen atoms in total. The van der Waals surface area contributed by atoms with Crippen molar-refractivity contribution >= 4 is 27.7 Å². The first kappa shape index (κ1) is 21.8. The third kappa shape index (κ3) is 6.04. The quantitative estimate of drug-likeness (QED) is 0.537. The average molecular weight is 465 g/mol. The average Bonchev–Trinajstić information content (AvgIpc) is 2.77. The number of nitrogens with zero attached hydrogens (tertiary/aromatic N) is 1. The number of likely N-dealkylation sites (N-methyl/N-ethyl adjacent to an activating group) is 1. The number of nitrogens with one attached hydrogen (secondary N) is 1. The number of halogens is 1. The van der Waals surface area contributed by atoms with E-state index in [0.717, 1.165) is 21.2 Å². The maximum absolute atomic E-state index is 13.4. The van der Waals surface area contributed by atoms with E-state index in [-0.39, 0.29) is 18.2 Å². The van der Waals surface area contributed by atoms with Gasteiger partial charge in [0.05, 0.1) is 6.42 Å². The zero-order chi connectivity index (χ0) is 21.3. The van der Waals surface area contributed by atoms with E-state index in [9.17, 15) is 9.59 Å². The molecule has 0 saturated carbocycles. The smallest absolute Gasteiger partial charge is 0.242 e. The Bertz CT molecular complexity index is 977. The first-order valence-electron chi connectivity index (χ1n) is 9.90. The molecule has 3 aromatic rings. The summed E-state index contributed by atoms with van der Waals surface area (Å²) in [4.78, 5) is 27.9. The van der Waals surface area contributed by atoms with E-state index in [1.54, 1.807) is 11.9 Å². The molecule has 3 aromatic carbocycles. The Balaban J connectivity index is 1.93. The lowest BCUT2D eigenvalue weighted by molar-refractivity contribution is -0.140. The summed E-state index contributed by atoms with van der Waals surface area (Å²) in [6.45, 7) is 0.357. The van der Waals surface area contributed by atoms with Crippen LogP contribution in [-0.4, -0.2) is 29.8 Å². The third-order valence-corrected chi connectivity index (χ3v) is 5.45. The van der Waals surface area contributed by atoms with Gasteiger partial charge in [0, 0.05) is 24.5 Å². The van der Waals surface area contributed by atoms with Crippen LogP contribution in [0.5, 0.6) is 0 Å². The summed E-state index contributed by atoms with van der Waals surface area (Å²) in [5.41, 5.74) is 2.91. The maximum atomic E-state index is 13.4. The van der Waals surface area contributed by atoms with Gasteiger partial charge >= 0.3 is 0 Å². The topological polar surface area (TPSA) is 49.4 Å². The van der Waals surface area contributed by atoms with Gasteiger partial charge in [-0.25, -0.2) is 0 Å². The highest BCUT2D eigenvalue weighted by molar-refractivity contribution is 9.10. The van der Waals surface area contributed by atoms with E-state index in [1.165, 1.54) is 0 Å². The van der Waals surface area contributed by atoms with Crippen LogP contribution in [0.25, 0.3) is 0 Å². The Morgan fingerprint density at radius 2 is 1.47 bits per heavy atom. The molecule has 0 saturated heterocycles. The van der Waals surface area contributed by atoms with E-state index in [2.05, 4.69) is 21.2 Å². The molecule has 5 heteroatoms. The van der Waals surface area contributed by atoms with E-state index < -0.39 is 6.04 Å². The van der Waals surface area contributed by atoms with E-state index in [1.807, 2.05) is 84.9 Å². The van der Waals surface area contributed by atoms with Crippen LogP contribution in [0.15, 0.2) is 89.4 Å². The molecular formula is C25H25BrN2O2. The van der Waals surface area contributed by atoms with Crippen LogP contribution in [0.4, 0.5) is 0 Å². The molecule has 154 valence electrons. The van der Waals surface area contributed by atoms with Gasteiger partial charge in [-0.15, -0.1) is 0 Å². The minimum absolute atomic E-state index is 0.0780. The third-order valence-electron chi connectivity index (χ3n) is 4.96. The standard InChI is InChI=1S/C25H25BrN2O2/c1-27-25(30)23(16-19-9-4-2-5-10-19)28(18-21-13-8-14-22(26)15-21)24(29)17-20-11-6-3-7-12-20/h2-15,23H,16-18H2,1H3,(H,27,30)/t23-/m1/s1. The van der Waals surface area contributed by atoms with Gasteiger partial charge in [0.2, 0.25) is 11.8 Å². The van der Waals surface area contributed by atoms with Crippen LogP contribution in [0, 0.1) is 0 Å². The molecular weight excluding hydrogens is 440 g/mol. The molecule has 0 aliphatic carbocycles. The molecule has 0 unspecified atom stereocenters. The number of hydrogen-bond donors (Lipinski definition) is 1. The Labute approximate surface area is 186 Å². The lowest BCUT2D eigenvalue weighted by atomic mass is 10.0. The monoisotopic (exact) mass is 464 g/mol. The SMILES string of the molecule is CNC(=O)[C@@H](Cc1ccccc1)N(Cc1cccc(Br)c1)C(=O)Cc1ccccc1. The molecule has 0 heterocycles. The molecule has 3 rings (SSSR count). The number of carbonyl (C=O) groups is 2. The highest BCUT2D eigenvalue weighted by atomic mass is 79.9. The minimum Gasteiger partial charge on any atom is -0.357 e. The Morgan fingerprint density at radius 3 is 2.07 bits per heavy atom. The Morgan fingerprint density at radius 1 is 0.867 bits per heavy atom. The highest BCUT2D eigenvalue weighted by Crippen LogP contribution is 2.19. The van der Waals surface area contributed by atoms with Crippen molar-refractivity contribution in [1.82, 2.24) is 10.2 Å². The number of benzene rings is 3. The molecule has 0 fully saturated rings. The van der Waals surface area contributed by atoms with Crippen LogP contribution in [0.3, 0.4) is 0 Å². The molecule has 0 aliphatic rings. The van der Waals surface area contributed by atoms with Crippen molar-refractivity contribution in [3.05, 3.63) is 106 Å². The first-order valence-corrected chi connectivity index (χ1v) is 10.7. The first-order chi connectivity index (χ1) is 14.6. The fourth-order valence-corrected chi connectivity index (χ4v) is 3.87. The lowest BCUT2D eigenvalue weighted by Gasteiger charge is -2.31. The predicted molar refractivity (Wildman–Crippen MR) is 123 cm³/mol. The van der Waals surface area contributed by atoms with Gasteiger partial charge in [0.1, 0.15) is 6.04 Å². The molecule has 0 radical (unpaired) electrons. The summed E-state index contributed by atoms with van der Waals surface area (Å²) in [6.07, 6.45) is 0.701. The zero-order valence-corrected chi connectivity index (χ0v) is 18.5. The van der Waals surface area contributed by atoms with Gasteiger partial charge in [-0.3, -0.25) is 9.59 Å². The number of amides is 2. The summed E-state index contributed by atoms with van der Waals surface area (Å²) in [5.74, 6) is -0.249. The van der Waals surface area contributed by atoms with Crippen molar-refractivity contribution in [2.24, 2.45) is 0 Å². The fraction of sp³-hybridized carbons (Fsp3) is 0.200. The second-order valence-electron chi connectivity index (χ2n) is 7.13. The minimum atomic E-state index is -0.604. The number of rotatable bonds is 8. The molecule has 1 N–H and O–H groups in total. The van der Waals surface area contributed by atoms with Crippen molar-refractivity contribution in [3.8, 4) is 0 Å². The Kier molecular flexibility index (Phi) is 7.80. The molecule has 0 aliphatic heterocycles. The summed E-state index contributed by atoms with van der Waals surface area (Å²) < 4.78 is 0.940. The van der Waals surface area contributed by atoms with Crippen LogP contribution < -0.4 is 5.32 Å². The molecule has 2 amide bonds. The molecule has 30 heavy (non-hydrogen) atoms. The van der Waals surface area contributed by atoms with Crippen molar-refractivity contribution in [3.63, 3.8) is 0 Å². The largest absolute Gasteiger partial charge is 0.357 e. The van der Waals surface area contributed by atoms with Crippen LogP contribution in [-0.2, 0) is 29.0 Å². The van der Waals surface area contributed by atoms with Gasteiger partial charge in [-0.05, 0) is 28.8 Å². The van der Waals surface area contributed by atoms with Gasteiger partial charge in [0.15, 0.2) is 0 Å². The highest BCUT2D eigenvalue weighted by Gasteiger charge is 2.29. The van der Waals surface area contributed by atoms with Crippen molar-refractivity contribution in [2.75, 3.05) is 7.05 Å². The normalized spacial score (nSPS) is 11.5. The van der Waals surface area contributed by atoms with Crippen molar-refractivity contribution in [1.29, 1.82) is 0 Å². The van der Waals surface area contributed by atoms with Crippen molar-refractivity contribution in [2.45, 2.75) is 25.4 Å². The van der Waals surface area contributed by atoms with Crippen LogP contribution in [0.2, 0.25) is 0 Å². The van der Waals surface area contributed by atoms with Crippen molar-refractivity contribution < 1.29 is 9.59 Å². The second kappa shape index (κ2) is 10.7. The molecule has 0 spiro atoms. The van der Waals surface area contributed by atoms with Gasteiger partial charge in [-0.1, -0.05) is 88.7 Å². The summed E-state index contributed by atoms with van der Waals surface area (Å²) in [6, 6.07) is 26.6. The summed E-state index contributed by atoms with van der Waals surface area (Å²) in [5, 5.41) is 2.74. The Hall–Kier alpha value is -2.92. The van der Waals surface area contributed by atoms with Crippen LogP contribution in [0.1, 0.15) is 16.7 Å². The summed E-state index contributed by atoms with van der Waals surface area (Å²) in [7, 11) is 1.61. The van der Waals surface area contributed by atoms with Gasteiger partial charge in [-0.2, -0.15) is 0 Å². The van der Waals surface area contributed by atoms with E-state index >= 15 is 0 Å². The summed E-state index contributed by atoms with van der Waals surface area (Å²) >= 11 is 3.49. The van der Waals surface area contributed by atoms with E-state index in [4.69, 9.17) is 0 Å². The number of hydrogen-bond acceptors (Lipinski definition) is 2. The number of carbonyl (C=O) groups excluding carboxylic acids is 2. The predicted octanol–water partition coefficient (Wildman–Crippen LogP) is 4.38. The van der Waals surface area contributed by atoms with Crippen LogP contribution >= 0.6 is 15.9 Å². The van der Waals surface area contributed by atoms with Gasteiger partial charge < -0.3 is 10.2 Å². The zero-order valence-electron chi connectivity index (χ0n) is 16.9. The lowest BCUT2D eigenvalue weighted by Crippen LogP contribution is -2.50. The molecule has 0 bridgehead atoms. The molecule has 1 atom stereocenters. The molecule has 0 aromatic heterocycles. The van der Waals surface area contributed by atoms with Gasteiger partial charge in [0.25, 0.3) is 0 Å². The fourth-order valence-electron chi connectivity index (χ4n) is 3.42.